The third-order valence-corrected chi connectivity index (χ3v) is 2.62. The van der Waals surface area contributed by atoms with Gasteiger partial charge in [-0.3, -0.25) is 4.40 Å². The molecule has 76 valence electrons. The fourth-order valence-corrected chi connectivity index (χ4v) is 1.90. The summed E-state index contributed by atoms with van der Waals surface area (Å²) in [6, 6.07) is 0. The van der Waals surface area contributed by atoms with Crippen molar-refractivity contribution in [3.63, 3.8) is 0 Å². The lowest BCUT2D eigenvalue weighted by molar-refractivity contribution is -0.00410. The molecule has 2 aromatic heterocycles. The first-order chi connectivity index (χ1) is 6.66. The van der Waals surface area contributed by atoms with Crippen LogP contribution < -0.4 is 0 Å². The lowest BCUT2D eigenvalue weighted by Crippen LogP contribution is -2.20. The minimum Gasteiger partial charge on any atom is -0.387 e. The van der Waals surface area contributed by atoms with Crippen LogP contribution in [0.25, 0.3) is 4.96 Å². The van der Waals surface area contributed by atoms with Gasteiger partial charge in [0.2, 0.25) is 0 Å². The van der Waals surface area contributed by atoms with E-state index < -0.39 is 12.5 Å². The van der Waals surface area contributed by atoms with Crippen LogP contribution in [0.2, 0.25) is 0 Å². The summed E-state index contributed by atoms with van der Waals surface area (Å²) >= 11 is 1.43. The number of thiazole rings is 1. The summed E-state index contributed by atoms with van der Waals surface area (Å²) in [7, 11) is 0. The average Bonchev–Trinajstić information content (AvgIpc) is 2.63. The zero-order chi connectivity index (χ0) is 10.1. The molecule has 0 fully saturated rings. The van der Waals surface area contributed by atoms with Crippen LogP contribution in [0.3, 0.4) is 0 Å². The largest absolute Gasteiger partial charge is 0.387 e. The molecule has 2 heterocycles. The molecule has 0 amide bonds. The van der Waals surface area contributed by atoms with Crippen LogP contribution in [-0.2, 0) is 6.42 Å². The molecule has 2 rings (SSSR count). The van der Waals surface area contributed by atoms with E-state index in [4.69, 9.17) is 5.11 Å². The van der Waals surface area contributed by atoms with Gasteiger partial charge in [-0.1, -0.05) is 0 Å². The number of halogens is 2. The Labute approximate surface area is 82.6 Å². The number of aliphatic hydroxyl groups excluding tert-OH is 1. The molecule has 0 aliphatic heterocycles. The number of fused-ring (bicyclic) bond motifs is 1. The van der Waals surface area contributed by atoms with Crippen molar-refractivity contribution in [1.82, 2.24) is 9.38 Å². The van der Waals surface area contributed by atoms with Crippen LogP contribution in [0.15, 0.2) is 17.8 Å². The number of alkyl halides is 2. The molecule has 0 saturated carbocycles. The zero-order valence-electron chi connectivity index (χ0n) is 7.10. The Bertz CT molecular complexity index is 397. The van der Waals surface area contributed by atoms with Gasteiger partial charge in [-0.2, -0.15) is 0 Å². The summed E-state index contributed by atoms with van der Waals surface area (Å²) < 4.78 is 25.8. The molecule has 0 aliphatic rings. The van der Waals surface area contributed by atoms with Gasteiger partial charge in [0.1, 0.15) is 6.10 Å². The molecule has 0 radical (unpaired) electrons. The first-order valence-electron chi connectivity index (χ1n) is 4.04. The van der Waals surface area contributed by atoms with Crippen molar-refractivity contribution in [2.75, 3.05) is 0 Å². The average molecular weight is 218 g/mol. The van der Waals surface area contributed by atoms with E-state index in [2.05, 4.69) is 4.98 Å². The first-order valence-corrected chi connectivity index (χ1v) is 4.92. The highest BCUT2D eigenvalue weighted by molar-refractivity contribution is 7.15. The molecule has 14 heavy (non-hydrogen) atoms. The standard InChI is InChI=1S/C8H8F2N2OS/c9-7(10)6(13)3-5-4-12-1-2-14-8(12)11-5/h1-2,4,6-7,13H,3H2. The maximum absolute atomic E-state index is 12.0. The lowest BCUT2D eigenvalue weighted by Gasteiger charge is -2.05. The van der Waals surface area contributed by atoms with Crippen LogP contribution in [0.4, 0.5) is 8.78 Å². The number of rotatable bonds is 3. The maximum atomic E-state index is 12.0. The van der Waals surface area contributed by atoms with E-state index in [1.807, 2.05) is 5.38 Å². The minimum absolute atomic E-state index is 0.105. The van der Waals surface area contributed by atoms with Gasteiger partial charge in [-0.05, 0) is 0 Å². The first kappa shape index (κ1) is 9.54. The monoisotopic (exact) mass is 218 g/mol. The van der Waals surface area contributed by atoms with Crippen molar-refractivity contribution in [1.29, 1.82) is 0 Å². The number of hydrogen-bond acceptors (Lipinski definition) is 3. The molecular formula is C8H8F2N2OS. The van der Waals surface area contributed by atoms with Crippen LogP contribution >= 0.6 is 11.3 Å². The highest BCUT2D eigenvalue weighted by atomic mass is 32.1. The molecule has 6 heteroatoms. The Morgan fingerprint density at radius 2 is 2.36 bits per heavy atom. The number of nitrogens with zero attached hydrogens (tertiary/aromatic N) is 2. The van der Waals surface area contributed by atoms with Crippen molar-refractivity contribution >= 4 is 16.3 Å². The van der Waals surface area contributed by atoms with Crippen LogP contribution in [0.5, 0.6) is 0 Å². The van der Waals surface area contributed by atoms with E-state index in [9.17, 15) is 8.78 Å². The molecule has 1 unspecified atom stereocenters. The number of hydrogen-bond donors (Lipinski definition) is 1. The van der Waals surface area contributed by atoms with Crippen LogP contribution in [0.1, 0.15) is 5.69 Å². The van der Waals surface area contributed by atoms with Gasteiger partial charge in [0.25, 0.3) is 6.43 Å². The molecule has 2 aromatic rings. The van der Waals surface area contributed by atoms with Gasteiger partial charge >= 0.3 is 0 Å². The fraction of sp³-hybridized carbons (Fsp3) is 0.375. The second-order valence-corrected chi connectivity index (χ2v) is 3.80. The Balaban J connectivity index is 2.15. The van der Waals surface area contributed by atoms with Gasteiger partial charge in [-0.25, -0.2) is 13.8 Å². The van der Waals surface area contributed by atoms with Gasteiger partial charge in [-0.15, -0.1) is 11.3 Å². The highest BCUT2D eigenvalue weighted by Gasteiger charge is 2.18. The Hall–Kier alpha value is -1.01. The van der Waals surface area contributed by atoms with Crippen molar-refractivity contribution in [2.45, 2.75) is 19.0 Å². The minimum atomic E-state index is -2.71. The lowest BCUT2D eigenvalue weighted by atomic mass is 10.2. The summed E-state index contributed by atoms with van der Waals surface area (Å²) in [5, 5.41) is 10.8. The van der Waals surface area contributed by atoms with Gasteiger partial charge in [0.05, 0.1) is 5.69 Å². The Kier molecular flexibility index (Phi) is 2.47. The molecule has 0 aliphatic carbocycles. The van der Waals surface area contributed by atoms with E-state index in [1.54, 1.807) is 16.8 Å². The Morgan fingerprint density at radius 3 is 3.00 bits per heavy atom. The van der Waals surface area contributed by atoms with E-state index >= 15 is 0 Å². The normalized spacial score (nSPS) is 14.0. The van der Waals surface area contributed by atoms with E-state index in [0.717, 1.165) is 4.96 Å². The van der Waals surface area contributed by atoms with Crippen molar-refractivity contribution in [2.24, 2.45) is 0 Å². The summed E-state index contributed by atoms with van der Waals surface area (Å²) in [5.41, 5.74) is 0.490. The van der Waals surface area contributed by atoms with E-state index in [-0.39, 0.29) is 6.42 Å². The molecule has 0 aromatic carbocycles. The van der Waals surface area contributed by atoms with Gasteiger partial charge in [0.15, 0.2) is 4.96 Å². The fourth-order valence-electron chi connectivity index (χ4n) is 1.18. The molecule has 0 saturated heterocycles. The molecule has 0 spiro atoms. The van der Waals surface area contributed by atoms with Crippen molar-refractivity contribution in [3.8, 4) is 0 Å². The molecule has 3 nitrogen and oxygen atoms in total. The second kappa shape index (κ2) is 3.62. The van der Waals surface area contributed by atoms with Gasteiger partial charge < -0.3 is 5.11 Å². The number of aliphatic hydroxyl groups is 1. The summed E-state index contributed by atoms with van der Waals surface area (Å²) in [5.74, 6) is 0. The SMILES string of the molecule is OC(Cc1cn2ccsc2n1)C(F)F. The second-order valence-electron chi connectivity index (χ2n) is 2.93. The van der Waals surface area contributed by atoms with E-state index in [0.29, 0.717) is 5.69 Å². The Morgan fingerprint density at radius 1 is 1.57 bits per heavy atom. The number of aromatic nitrogens is 2. The molecule has 0 bridgehead atoms. The summed E-state index contributed by atoms with van der Waals surface area (Å²) in [6.07, 6.45) is -0.997. The predicted octanol–water partition coefficient (Wildman–Crippen LogP) is 1.56. The maximum Gasteiger partial charge on any atom is 0.264 e. The zero-order valence-corrected chi connectivity index (χ0v) is 7.92. The smallest absolute Gasteiger partial charge is 0.264 e. The highest BCUT2D eigenvalue weighted by Crippen LogP contribution is 2.14. The molecule has 1 atom stereocenters. The summed E-state index contributed by atoms with van der Waals surface area (Å²) in [6.45, 7) is 0. The topological polar surface area (TPSA) is 37.5 Å². The van der Waals surface area contributed by atoms with Gasteiger partial charge in [0, 0.05) is 24.2 Å². The molecule has 1 N–H and O–H groups in total. The van der Waals surface area contributed by atoms with Crippen LogP contribution in [-0.4, -0.2) is 27.0 Å². The third kappa shape index (κ3) is 1.76. The van der Waals surface area contributed by atoms with Crippen LogP contribution in [0, 0.1) is 0 Å². The predicted molar refractivity (Wildman–Crippen MR) is 48.8 cm³/mol. The van der Waals surface area contributed by atoms with Crippen molar-refractivity contribution < 1.29 is 13.9 Å². The quantitative estimate of drug-likeness (QED) is 0.849. The summed E-state index contributed by atoms with van der Waals surface area (Å²) in [4.78, 5) is 4.83. The van der Waals surface area contributed by atoms with Crippen molar-refractivity contribution in [3.05, 3.63) is 23.5 Å². The molecular weight excluding hydrogens is 210 g/mol. The third-order valence-electron chi connectivity index (χ3n) is 1.85. The number of imidazole rings is 1. The van der Waals surface area contributed by atoms with E-state index in [1.165, 1.54) is 11.3 Å².